The molecular formula is C5H12ClN. The molecule has 1 atom stereocenters. The van der Waals surface area contributed by atoms with Crippen molar-refractivity contribution in [1.82, 2.24) is 5.32 Å². The Kier molecular flexibility index (Phi) is 4.57. The summed E-state index contributed by atoms with van der Waals surface area (Å²) in [4.78, 5) is 0. The molecule has 0 bridgehead atoms. The lowest BCUT2D eigenvalue weighted by Crippen LogP contribution is -2.21. The van der Waals surface area contributed by atoms with Crippen molar-refractivity contribution in [2.75, 3.05) is 12.9 Å². The standard InChI is InChI=1S/C5H12ClN/c1-5(7-2)3-4-6/h5,7H,3-4H2,1-2H3. The first-order valence-electron chi connectivity index (χ1n) is 2.54. The van der Waals surface area contributed by atoms with Crippen molar-refractivity contribution in [3.05, 3.63) is 0 Å². The fraction of sp³-hybridized carbons (Fsp3) is 1.00. The fourth-order valence-corrected chi connectivity index (χ4v) is 0.635. The Morgan fingerprint density at radius 3 is 2.43 bits per heavy atom. The quantitative estimate of drug-likeness (QED) is 0.554. The molecule has 0 saturated carbocycles. The predicted octanol–water partition coefficient (Wildman–Crippen LogP) is 1.22. The molecule has 0 spiro atoms. The van der Waals surface area contributed by atoms with E-state index < -0.39 is 0 Å². The molecule has 1 N–H and O–H groups in total. The lowest BCUT2D eigenvalue weighted by molar-refractivity contribution is 0.596. The average molecular weight is 122 g/mol. The van der Waals surface area contributed by atoms with Crippen molar-refractivity contribution < 1.29 is 0 Å². The van der Waals surface area contributed by atoms with Crippen LogP contribution >= 0.6 is 11.6 Å². The van der Waals surface area contributed by atoms with Crippen LogP contribution in [0.5, 0.6) is 0 Å². The Morgan fingerprint density at radius 2 is 2.29 bits per heavy atom. The molecule has 0 heterocycles. The highest BCUT2D eigenvalue weighted by Gasteiger charge is 1.92. The van der Waals surface area contributed by atoms with Crippen molar-refractivity contribution in [1.29, 1.82) is 0 Å². The van der Waals surface area contributed by atoms with Gasteiger partial charge in [-0.15, -0.1) is 11.6 Å². The first kappa shape index (κ1) is 7.25. The van der Waals surface area contributed by atoms with E-state index in [0.717, 1.165) is 12.3 Å². The highest BCUT2D eigenvalue weighted by Crippen LogP contribution is 1.89. The van der Waals surface area contributed by atoms with E-state index in [1.165, 1.54) is 0 Å². The number of hydrogen-bond acceptors (Lipinski definition) is 1. The van der Waals surface area contributed by atoms with Gasteiger partial charge in [0.25, 0.3) is 0 Å². The molecule has 0 rings (SSSR count). The van der Waals surface area contributed by atoms with Crippen LogP contribution in [-0.2, 0) is 0 Å². The van der Waals surface area contributed by atoms with Gasteiger partial charge in [-0.2, -0.15) is 0 Å². The highest BCUT2D eigenvalue weighted by molar-refractivity contribution is 6.17. The molecule has 2 heteroatoms. The zero-order valence-corrected chi connectivity index (χ0v) is 5.63. The third kappa shape index (κ3) is 4.10. The molecule has 0 saturated heterocycles. The summed E-state index contributed by atoms with van der Waals surface area (Å²) in [5.74, 6) is 0.752. The van der Waals surface area contributed by atoms with E-state index in [2.05, 4.69) is 12.2 Å². The van der Waals surface area contributed by atoms with Crippen molar-refractivity contribution >= 4 is 11.6 Å². The van der Waals surface area contributed by atoms with Gasteiger partial charge in [0.2, 0.25) is 0 Å². The largest absolute Gasteiger partial charge is 0.317 e. The number of halogens is 1. The SMILES string of the molecule is CNC(C)CCCl. The van der Waals surface area contributed by atoms with E-state index in [9.17, 15) is 0 Å². The topological polar surface area (TPSA) is 12.0 Å². The fourth-order valence-electron chi connectivity index (χ4n) is 0.308. The minimum absolute atomic E-state index is 0.567. The molecule has 0 fully saturated rings. The smallest absolute Gasteiger partial charge is 0.0238 e. The van der Waals surface area contributed by atoms with Crippen LogP contribution in [0.3, 0.4) is 0 Å². The van der Waals surface area contributed by atoms with E-state index >= 15 is 0 Å². The molecule has 0 aromatic rings. The van der Waals surface area contributed by atoms with Gasteiger partial charge in [-0.3, -0.25) is 0 Å². The molecule has 1 unspecified atom stereocenters. The van der Waals surface area contributed by atoms with Crippen molar-refractivity contribution in [2.45, 2.75) is 19.4 Å². The predicted molar refractivity (Wildman–Crippen MR) is 33.9 cm³/mol. The highest BCUT2D eigenvalue weighted by atomic mass is 35.5. The lowest BCUT2D eigenvalue weighted by atomic mass is 10.3. The summed E-state index contributed by atoms with van der Waals surface area (Å²) in [5.41, 5.74) is 0. The minimum atomic E-state index is 0.567. The van der Waals surface area contributed by atoms with Gasteiger partial charge in [0.05, 0.1) is 0 Å². The van der Waals surface area contributed by atoms with Crippen LogP contribution in [-0.4, -0.2) is 19.0 Å². The molecule has 0 amide bonds. The Morgan fingerprint density at radius 1 is 1.71 bits per heavy atom. The van der Waals surface area contributed by atoms with E-state index in [1.54, 1.807) is 0 Å². The molecule has 0 aromatic heterocycles. The summed E-state index contributed by atoms with van der Waals surface area (Å²) in [6.07, 6.45) is 1.05. The van der Waals surface area contributed by atoms with Gasteiger partial charge in [-0.1, -0.05) is 0 Å². The second kappa shape index (κ2) is 4.41. The molecule has 0 aliphatic carbocycles. The van der Waals surface area contributed by atoms with Gasteiger partial charge in [-0.05, 0) is 20.4 Å². The van der Waals surface area contributed by atoms with Crippen LogP contribution < -0.4 is 5.32 Å². The number of nitrogens with one attached hydrogen (secondary N) is 1. The van der Waals surface area contributed by atoms with Gasteiger partial charge in [0, 0.05) is 11.9 Å². The van der Waals surface area contributed by atoms with Crippen LogP contribution in [0.1, 0.15) is 13.3 Å². The van der Waals surface area contributed by atoms with Gasteiger partial charge in [0.15, 0.2) is 0 Å². The van der Waals surface area contributed by atoms with Crippen LogP contribution in [0.25, 0.3) is 0 Å². The van der Waals surface area contributed by atoms with Gasteiger partial charge < -0.3 is 5.32 Å². The summed E-state index contributed by atoms with van der Waals surface area (Å²) in [6.45, 7) is 2.11. The first-order valence-corrected chi connectivity index (χ1v) is 3.08. The number of hydrogen-bond donors (Lipinski definition) is 1. The summed E-state index contributed by atoms with van der Waals surface area (Å²) in [6, 6.07) is 0.567. The van der Waals surface area contributed by atoms with Crippen LogP contribution in [0.15, 0.2) is 0 Å². The molecule has 7 heavy (non-hydrogen) atoms. The maximum atomic E-state index is 5.44. The molecule has 1 nitrogen and oxygen atoms in total. The minimum Gasteiger partial charge on any atom is -0.317 e. The number of alkyl halides is 1. The molecule has 0 radical (unpaired) electrons. The second-order valence-corrected chi connectivity index (χ2v) is 2.05. The molecular weight excluding hydrogens is 110 g/mol. The molecule has 0 aliphatic heterocycles. The summed E-state index contributed by atoms with van der Waals surface area (Å²) < 4.78 is 0. The van der Waals surface area contributed by atoms with Crippen LogP contribution in [0, 0.1) is 0 Å². The maximum absolute atomic E-state index is 5.44. The van der Waals surface area contributed by atoms with E-state index in [4.69, 9.17) is 11.6 Å². The summed E-state index contributed by atoms with van der Waals surface area (Å²) in [5, 5.41) is 3.08. The number of rotatable bonds is 3. The van der Waals surface area contributed by atoms with Crippen molar-refractivity contribution in [3.63, 3.8) is 0 Å². The monoisotopic (exact) mass is 121 g/mol. The third-order valence-corrected chi connectivity index (χ3v) is 1.25. The molecule has 0 aliphatic rings. The zero-order chi connectivity index (χ0) is 5.70. The Balaban J connectivity index is 2.83. The second-order valence-electron chi connectivity index (χ2n) is 1.67. The van der Waals surface area contributed by atoms with Crippen molar-refractivity contribution in [3.8, 4) is 0 Å². The van der Waals surface area contributed by atoms with Gasteiger partial charge in [-0.25, -0.2) is 0 Å². The zero-order valence-electron chi connectivity index (χ0n) is 4.87. The average Bonchev–Trinajstić information content (AvgIpc) is 1.68. The summed E-state index contributed by atoms with van der Waals surface area (Å²) >= 11 is 5.44. The normalized spacial score (nSPS) is 14.1. The Bertz CT molecular complexity index is 39.1. The lowest BCUT2D eigenvalue weighted by Gasteiger charge is -2.04. The van der Waals surface area contributed by atoms with Crippen molar-refractivity contribution in [2.24, 2.45) is 0 Å². The van der Waals surface area contributed by atoms with E-state index in [0.29, 0.717) is 6.04 Å². The van der Waals surface area contributed by atoms with Crippen LogP contribution in [0.2, 0.25) is 0 Å². The maximum Gasteiger partial charge on any atom is 0.0238 e. The molecule has 0 aromatic carbocycles. The third-order valence-electron chi connectivity index (χ3n) is 1.03. The Labute approximate surface area is 50.1 Å². The molecule has 44 valence electrons. The van der Waals surface area contributed by atoms with Gasteiger partial charge in [0.1, 0.15) is 0 Å². The Hall–Kier alpha value is 0.250. The summed E-state index contributed by atoms with van der Waals surface area (Å²) in [7, 11) is 1.94. The van der Waals surface area contributed by atoms with E-state index in [1.807, 2.05) is 7.05 Å². The van der Waals surface area contributed by atoms with Crippen LogP contribution in [0.4, 0.5) is 0 Å². The van der Waals surface area contributed by atoms with E-state index in [-0.39, 0.29) is 0 Å². The first-order chi connectivity index (χ1) is 3.31. The van der Waals surface area contributed by atoms with Gasteiger partial charge >= 0.3 is 0 Å².